The number of carboxylic acid groups (broad SMARTS) is 1. The second-order valence-electron chi connectivity index (χ2n) is 7.18. The summed E-state index contributed by atoms with van der Waals surface area (Å²) >= 11 is 0.832. The predicted molar refractivity (Wildman–Crippen MR) is 120 cm³/mol. The Hall–Kier alpha value is -3.33. The first-order chi connectivity index (χ1) is 16.4. The van der Waals surface area contributed by atoms with Crippen LogP contribution >= 0.6 is 11.3 Å². The molecule has 0 radical (unpaired) electrons. The summed E-state index contributed by atoms with van der Waals surface area (Å²) in [6.45, 7) is 2.20. The van der Waals surface area contributed by atoms with Gasteiger partial charge in [0.1, 0.15) is 4.83 Å². The zero-order chi connectivity index (χ0) is 26.3. The number of ether oxygens (including phenoxy) is 2. The lowest BCUT2D eigenvalue weighted by atomic mass is 10.2. The molecule has 15 heteroatoms. The molecular formula is C20H25F3N4O7S. The number of carbonyl (C=O) groups is 2. The van der Waals surface area contributed by atoms with Gasteiger partial charge in [0.25, 0.3) is 11.5 Å². The van der Waals surface area contributed by atoms with E-state index in [1.807, 2.05) is 5.43 Å². The van der Waals surface area contributed by atoms with E-state index < -0.39 is 42.4 Å². The number of methoxy groups -OCH3 is 1. The highest BCUT2D eigenvalue weighted by Gasteiger charge is 2.29. The molecule has 2 amide bonds. The molecule has 0 saturated carbocycles. The van der Waals surface area contributed by atoms with Crippen molar-refractivity contribution in [1.82, 2.24) is 19.6 Å². The molecule has 2 heterocycles. The first kappa shape index (κ1) is 27.9. The molecule has 0 bridgehead atoms. The molecule has 2 N–H and O–H groups in total. The number of alkyl halides is 3. The van der Waals surface area contributed by atoms with Crippen LogP contribution in [0.15, 0.2) is 21.9 Å². The van der Waals surface area contributed by atoms with Crippen LogP contribution in [-0.4, -0.2) is 57.7 Å². The van der Waals surface area contributed by atoms with E-state index in [2.05, 4.69) is 0 Å². The van der Waals surface area contributed by atoms with Crippen molar-refractivity contribution in [3.8, 4) is 0 Å². The van der Waals surface area contributed by atoms with Crippen LogP contribution in [0.1, 0.15) is 23.8 Å². The molecule has 11 nitrogen and oxygen atoms in total. The standard InChI is InChI=1S/C20H25F3N4O7S/c1-4-34-9-5-14(28)27(24-18(30)31)11-13-12(2)15-16(29)25(8-10-33-3)19(32)26(17(15)35-13)7-6-20(21,22)23/h5,9,24H,4,6-8,10-11H2,1-3H3,(H,30,31). The second-order valence-corrected chi connectivity index (χ2v) is 8.26. The largest absolute Gasteiger partial charge is 0.501 e. The maximum absolute atomic E-state index is 13.1. The molecule has 2 aromatic rings. The molecule has 0 fully saturated rings. The van der Waals surface area contributed by atoms with Crippen molar-refractivity contribution in [2.24, 2.45) is 0 Å². The van der Waals surface area contributed by atoms with Gasteiger partial charge < -0.3 is 14.6 Å². The molecule has 0 saturated heterocycles. The molecule has 0 aliphatic heterocycles. The number of hydrazine groups is 1. The van der Waals surface area contributed by atoms with E-state index in [9.17, 15) is 32.3 Å². The van der Waals surface area contributed by atoms with Crippen LogP contribution in [-0.2, 0) is 33.9 Å². The highest BCUT2D eigenvalue weighted by molar-refractivity contribution is 7.18. The summed E-state index contributed by atoms with van der Waals surface area (Å²) in [6, 6.07) is 0. The van der Waals surface area contributed by atoms with Gasteiger partial charge in [0.15, 0.2) is 0 Å². The Bertz CT molecular complexity index is 1220. The lowest BCUT2D eigenvalue weighted by Crippen LogP contribution is -2.44. The van der Waals surface area contributed by atoms with E-state index in [1.54, 1.807) is 6.92 Å². The van der Waals surface area contributed by atoms with Crippen LogP contribution in [0.4, 0.5) is 18.0 Å². The fourth-order valence-electron chi connectivity index (χ4n) is 3.13. The fraction of sp³-hybridized carbons (Fsp3) is 0.500. The number of thiophene rings is 1. The first-order valence-corrected chi connectivity index (χ1v) is 11.1. The van der Waals surface area contributed by atoms with Gasteiger partial charge in [-0.3, -0.25) is 18.7 Å². The Labute approximate surface area is 200 Å². The molecule has 0 atom stereocenters. The number of hydrogen-bond acceptors (Lipinski definition) is 7. The summed E-state index contributed by atoms with van der Waals surface area (Å²) in [5.74, 6) is -0.787. The zero-order valence-corrected chi connectivity index (χ0v) is 20.0. The highest BCUT2D eigenvalue weighted by atomic mass is 32.1. The van der Waals surface area contributed by atoms with Crippen LogP contribution in [0.5, 0.6) is 0 Å². The van der Waals surface area contributed by atoms with E-state index in [4.69, 9.17) is 14.6 Å². The second kappa shape index (κ2) is 11.9. The van der Waals surface area contributed by atoms with E-state index in [0.29, 0.717) is 10.4 Å². The van der Waals surface area contributed by atoms with E-state index in [-0.39, 0.29) is 36.5 Å². The minimum absolute atomic E-state index is 0.00185. The van der Waals surface area contributed by atoms with Gasteiger partial charge in [-0.1, -0.05) is 0 Å². The van der Waals surface area contributed by atoms with E-state index in [1.165, 1.54) is 14.0 Å². The number of nitrogens with zero attached hydrogens (tertiary/aromatic N) is 3. The summed E-state index contributed by atoms with van der Waals surface area (Å²) in [6.07, 6.45) is -5.31. The van der Waals surface area contributed by atoms with Gasteiger partial charge in [0, 0.05) is 24.6 Å². The number of aryl methyl sites for hydroxylation is 2. The van der Waals surface area contributed by atoms with Crippen molar-refractivity contribution in [3.63, 3.8) is 0 Å². The SMILES string of the molecule is CCOC=CC(=O)N(Cc1sc2c(c1C)c(=O)n(CCOC)c(=O)n2CCC(F)(F)F)NC(=O)O. The predicted octanol–water partition coefficient (Wildman–Crippen LogP) is 2.19. The summed E-state index contributed by atoms with van der Waals surface area (Å²) in [5.41, 5.74) is 0.601. The Morgan fingerprint density at radius 3 is 2.49 bits per heavy atom. The average Bonchev–Trinajstić information content (AvgIpc) is 3.08. The van der Waals surface area contributed by atoms with Gasteiger partial charge >= 0.3 is 18.0 Å². The molecular weight excluding hydrogens is 497 g/mol. The lowest BCUT2D eigenvalue weighted by Gasteiger charge is -2.19. The van der Waals surface area contributed by atoms with Gasteiger partial charge in [0.2, 0.25) is 0 Å². The number of rotatable bonds is 10. The van der Waals surface area contributed by atoms with Crippen molar-refractivity contribution in [1.29, 1.82) is 0 Å². The van der Waals surface area contributed by atoms with Crippen LogP contribution < -0.4 is 16.7 Å². The maximum atomic E-state index is 13.1. The van der Waals surface area contributed by atoms with Crippen molar-refractivity contribution >= 4 is 33.6 Å². The number of hydrogen-bond donors (Lipinski definition) is 2. The number of amides is 2. The molecule has 2 rings (SSSR count). The molecule has 0 unspecified atom stereocenters. The maximum Gasteiger partial charge on any atom is 0.423 e. The zero-order valence-electron chi connectivity index (χ0n) is 19.2. The third kappa shape index (κ3) is 7.08. The van der Waals surface area contributed by atoms with E-state index >= 15 is 0 Å². The topological polar surface area (TPSA) is 132 Å². The summed E-state index contributed by atoms with van der Waals surface area (Å²) in [4.78, 5) is 49.9. The summed E-state index contributed by atoms with van der Waals surface area (Å²) < 4.78 is 50.3. The Morgan fingerprint density at radius 2 is 1.91 bits per heavy atom. The van der Waals surface area contributed by atoms with Gasteiger partial charge in [-0.05, 0) is 19.4 Å². The van der Waals surface area contributed by atoms with Crippen LogP contribution in [0.25, 0.3) is 10.2 Å². The third-order valence-electron chi connectivity index (χ3n) is 4.80. The van der Waals surface area contributed by atoms with Crippen molar-refractivity contribution < 1.29 is 37.3 Å². The number of aromatic nitrogens is 2. The summed E-state index contributed by atoms with van der Waals surface area (Å²) in [5, 5.41) is 9.85. The van der Waals surface area contributed by atoms with Crippen molar-refractivity contribution in [2.45, 2.75) is 46.1 Å². The van der Waals surface area contributed by atoms with Crippen LogP contribution in [0.2, 0.25) is 0 Å². The normalized spacial score (nSPS) is 11.8. The Morgan fingerprint density at radius 1 is 1.23 bits per heavy atom. The molecule has 0 spiro atoms. The van der Waals surface area contributed by atoms with Gasteiger partial charge in [0.05, 0.1) is 44.4 Å². The molecule has 194 valence electrons. The van der Waals surface area contributed by atoms with Crippen molar-refractivity contribution in [2.75, 3.05) is 20.3 Å². The minimum Gasteiger partial charge on any atom is -0.501 e. The number of carbonyl (C=O) groups excluding carboxylic acids is 1. The minimum atomic E-state index is -4.55. The fourth-order valence-corrected chi connectivity index (χ4v) is 4.44. The highest BCUT2D eigenvalue weighted by Crippen LogP contribution is 2.30. The third-order valence-corrected chi connectivity index (χ3v) is 6.10. The Kier molecular flexibility index (Phi) is 9.47. The van der Waals surface area contributed by atoms with Gasteiger partial charge in [-0.2, -0.15) is 13.2 Å². The van der Waals surface area contributed by atoms with Crippen LogP contribution in [0.3, 0.4) is 0 Å². The van der Waals surface area contributed by atoms with Gasteiger partial charge in [-0.25, -0.2) is 20.0 Å². The lowest BCUT2D eigenvalue weighted by molar-refractivity contribution is -0.136. The number of fused-ring (bicyclic) bond motifs is 1. The molecule has 0 aromatic carbocycles. The number of halogens is 3. The monoisotopic (exact) mass is 522 g/mol. The molecule has 35 heavy (non-hydrogen) atoms. The summed E-state index contributed by atoms with van der Waals surface area (Å²) in [7, 11) is 1.35. The average molecular weight is 523 g/mol. The molecule has 0 aliphatic rings. The molecule has 2 aromatic heterocycles. The number of nitrogens with one attached hydrogen (secondary N) is 1. The van der Waals surface area contributed by atoms with Crippen LogP contribution in [0, 0.1) is 6.92 Å². The smallest absolute Gasteiger partial charge is 0.423 e. The first-order valence-electron chi connectivity index (χ1n) is 10.3. The van der Waals surface area contributed by atoms with Crippen molar-refractivity contribution in [3.05, 3.63) is 43.6 Å². The Balaban J connectivity index is 2.63. The van der Waals surface area contributed by atoms with E-state index in [0.717, 1.165) is 37.8 Å². The molecule has 0 aliphatic carbocycles. The van der Waals surface area contributed by atoms with Gasteiger partial charge in [-0.15, -0.1) is 11.3 Å². The quantitative estimate of drug-likeness (QED) is 0.278.